The summed E-state index contributed by atoms with van der Waals surface area (Å²) in [5, 5.41) is 9.36. The Morgan fingerprint density at radius 2 is 2.59 bits per heavy atom. The fraction of sp³-hybridized carbons (Fsp3) is 0.636. The minimum atomic E-state index is -0.164. The summed E-state index contributed by atoms with van der Waals surface area (Å²) in [7, 11) is 0. The highest BCUT2D eigenvalue weighted by atomic mass is 16.2. The number of aromatic nitrogens is 2. The van der Waals surface area contributed by atoms with Crippen LogP contribution in [0.5, 0.6) is 0 Å². The number of nitrogens with one attached hydrogen (secondary N) is 2. The molecule has 0 spiro atoms. The van der Waals surface area contributed by atoms with Crippen LogP contribution in [0.25, 0.3) is 0 Å². The van der Waals surface area contributed by atoms with Gasteiger partial charge in [-0.15, -0.1) is 0 Å². The molecule has 1 aliphatic rings. The summed E-state index contributed by atoms with van der Waals surface area (Å²) >= 11 is 0. The number of likely N-dealkylation sites (N-methyl/N-ethyl adjacent to an activating group) is 1. The number of nitrogens with two attached hydrogens (primary N) is 1. The van der Waals surface area contributed by atoms with Crippen molar-refractivity contribution >= 4 is 11.6 Å². The van der Waals surface area contributed by atoms with Gasteiger partial charge in [-0.2, -0.15) is 5.10 Å². The Kier molecular flexibility index (Phi) is 3.63. The van der Waals surface area contributed by atoms with Gasteiger partial charge in [-0.25, -0.2) is 0 Å². The molecule has 1 saturated heterocycles. The van der Waals surface area contributed by atoms with Crippen molar-refractivity contribution < 1.29 is 4.79 Å². The van der Waals surface area contributed by atoms with Gasteiger partial charge < -0.3 is 16.0 Å². The standard InChI is InChI=1S/C11H19N5O/c1-2-16-5-3-4-8(7-16)14-11(17)10-9(12)6-13-15-10/h6,8H,2-5,7,12H2,1H3,(H,13,15)(H,14,17). The second-order valence-corrected chi connectivity index (χ2v) is 4.41. The summed E-state index contributed by atoms with van der Waals surface area (Å²) in [6.07, 6.45) is 3.60. The van der Waals surface area contributed by atoms with Gasteiger partial charge in [0.1, 0.15) is 5.69 Å². The third kappa shape index (κ3) is 2.76. The molecule has 4 N–H and O–H groups in total. The molecule has 1 atom stereocenters. The van der Waals surface area contributed by atoms with Crippen LogP contribution < -0.4 is 11.1 Å². The number of piperidine rings is 1. The minimum Gasteiger partial charge on any atom is -0.396 e. The van der Waals surface area contributed by atoms with E-state index in [0.717, 1.165) is 32.5 Å². The van der Waals surface area contributed by atoms with Crippen LogP contribution in [-0.4, -0.2) is 46.7 Å². The molecule has 2 rings (SSSR count). The summed E-state index contributed by atoms with van der Waals surface area (Å²) in [6, 6.07) is 0.207. The lowest BCUT2D eigenvalue weighted by atomic mass is 10.1. The number of nitrogens with zero attached hydrogens (tertiary/aromatic N) is 2. The van der Waals surface area contributed by atoms with Crippen LogP contribution in [0, 0.1) is 0 Å². The molecule has 1 aromatic heterocycles. The first-order chi connectivity index (χ1) is 8.20. The fourth-order valence-electron chi connectivity index (χ4n) is 2.20. The van der Waals surface area contributed by atoms with Crippen molar-refractivity contribution in [2.45, 2.75) is 25.8 Å². The summed E-state index contributed by atoms with van der Waals surface area (Å²) in [4.78, 5) is 14.2. The van der Waals surface area contributed by atoms with E-state index in [2.05, 4.69) is 27.3 Å². The van der Waals surface area contributed by atoms with Gasteiger partial charge in [0.15, 0.2) is 0 Å². The van der Waals surface area contributed by atoms with Gasteiger partial charge in [-0.1, -0.05) is 6.92 Å². The van der Waals surface area contributed by atoms with Crippen molar-refractivity contribution in [2.24, 2.45) is 0 Å². The maximum atomic E-state index is 11.9. The van der Waals surface area contributed by atoms with Gasteiger partial charge in [-0.05, 0) is 25.9 Å². The maximum absolute atomic E-state index is 11.9. The lowest BCUT2D eigenvalue weighted by Gasteiger charge is -2.32. The van der Waals surface area contributed by atoms with E-state index in [1.807, 2.05) is 0 Å². The summed E-state index contributed by atoms with van der Waals surface area (Å²) in [5.41, 5.74) is 6.39. The van der Waals surface area contributed by atoms with Crippen molar-refractivity contribution in [3.8, 4) is 0 Å². The predicted octanol–water partition coefficient (Wildman–Crippen LogP) is 0.206. The first-order valence-electron chi connectivity index (χ1n) is 6.02. The highest BCUT2D eigenvalue weighted by molar-refractivity contribution is 5.97. The molecule has 0 radical (unpaired) electrons. The molecule has 0 saturated carbocycles. The number of aromatic amines is 1. The van der Waals surface area contributed by atoms with Crippen LogP contribution in [0.4, 0.5) is 5.69 Å². The van der Waals surface area contributed by atoms with Crippen LogP contribution in [0.3, 0.4) is 0 Å². The fourth-order valence-corrected chi connectivity index (χ4v) is 2.20. The number of hydrogen-bond donors (Lipinski definition) is 3. The van der Waals surface area contributed by atoms with Crippen molar-refractivity contribution in [3.63, 3.8) is 0 Å². The predicted molar refractivity (Wildman–Crippen MR) is 65.6 cm³/mol. The van der Waals surface area contributed by atoms with E-state index >= 15 is 0 Å². The van der Waals surface area contributed by atoms with E-state index in [4.69, 9.17) is 5.73 Å². The number of nitrogen functional groups attached to an aromatic ring is 1. The summed E-state index contributed by atoms with van der Waals surface area (Å²) in [6.45, 7) is 5.20. The van der Waals surface area contributed by atoms with Crippen LogP contribution in [-0.2, 0) is 0 Å². The number of H-pyrrole nitrogens is 1. The highest BCUT2D eigenvalue weighted by Crippen LogP contribution is 2.11. The number of amides is 1. The van der Waals surface area contributed by atoms with Crippen LogP contribution in [0.2, 0.25) is 0 Å². The minimum absolute atomic E-state index is 0.164. The molecule has 94 valence electrons. The Labute approximate surface area is 101 Å². The number of hydrogen-bond acceptors (Lipinski definition) is 4. The molecule has 0 aromatic carbocycles. The molecule has 17 heavy (non-hydrogen) atoms. The Balaban J connectivity index is 1.93. The van der Waals surface area contributed by atoms with Gasteiger partial charge in [0.2, 0.25) is 0 Å². The molecule has 1 unspecified atom stereocenters. The third-order valence-corrected chi connectivity index (χ3v) is 3.18. The number of rotatable bonds is 3. The monoisotopic (exact) mass is 237 g/mol. The van der Waals surface area contributed by atoms with E-state index in [1.54, 1.807) is 0 Å². The second-order valence-electron chi connectivity index (χ2n) is 4.41. The van der Waals surface area contributed by atoms with Crippen LogP contribution in [0.15, 0.2) is 6.20 Å². The normalized spacial score (nSPS) is 21.4. The molecule has 6 nitrogen and oxygen atoms in total. The number of likely N-dealkylation sites (tertiary alicyclic amines) is 1. The van der Waals surface area contributed by atoms with Crippen molar-refractivity contribution in [1.29, 1.82) is 0 Å². The average Bonchev–Trinajstić information content (AvgIpc) is 2.76. The molecule has 1 aliphatic heterocycles. The molecular formula is C11H19N5O. The molecule has 0 bridgehead atoms. The summed E-state index contributed by atoms with van der Waals surface area (Å²) in [5.74, 6) is -0.164. The van der Waals surface area contributed by atoms with Crippen LogP contribution >= 0.6 is 0 Å². The average molecular weight is 237 g/mol. The van der Waals surface area contributed by atoms with E-state index in [1.165, 1.54) is 6.20 Å². The largest absolute Gasteiger partial charge is 0.396 e. The van der Waals surface area contributed by atoms with Crippen molar-refractivity contribution in [2.75, 3.05) is 25.4 Å². The maximum Gasteiger partial charge on any atom is 0.271 e. The summed E-state index contributed by atoms with van der Waals surface area (Å²) < 4.78 is 0. The topological polar surface area (TPSA) is 87.0 Å². The van der Waals surface area contributed by atoms with E-state index in [-0.39, 0.29) is 11.9 Å². The lowest BCUT2D eigenvalue weighted by molar-refractivity contribution is 0.0901. The van der Waals surface area contributed by atoms with Gasteiger partial charge in [0.25, 0.3) is 5.91 Å². The Morgan fingerprint density at radius 1 is 1.76 bits per heavy atom. The Hall–Kier alpha value is -1.56. The van der Waals surface area contributed by atoms with Crippen molar-refractivity contribution in [3.05, 3.63) is 11.9 Å². The van der Waals surface area contributed by atoms with Crippen LogP contribution in [0.1, 0.15) is 30.3 Å². The SMILES string of the molecule is CCN1CCCC(NC(=O)c2[nH]ncc2N)C1. The molecule has 2 heterocycles. The molecule has 1 aromatic rings. The lowest BCUT2D eigenvalue weighted by Crippen LogP contribution is -2.47. The molecule has 1 amide bonds. The van der Waals surface area contributed by atoms with Gasteiger partial charge >= 0.3 is 0 Å². The Morgan fingerprint density at radius 3 is 3.24 bits per heavy atom. The smallest absolute Gasteiger partial charge is 0.271 e. The molecular weight excluding hydrogens is 218 g/mol. The molecule has 0 aliphatic carbocycles. The zero-order valence-corrected chi connectivity index (χ0v) is 10.1. The van der Waals surface area contributed by atoms with Gasteiger partial charge in [0, 0.05) is 12.6 Å². The van der Waals surface area contributed by atoms with E-state index < -0.39 is 0 Å². The van der Waals surface area contributed by atoms with Gasteiger partial charge in [-0.3, -0.25) is 9.89 Å². The zero-order chi connectivity index (χ0) is 12.3. The number of carbonyl (C=O) groups is 1. The Bertz CT molecular complexity index is 389. The zero-order valence-electron chi connectivity index (χ0n) is 10.1. The first kappa shape index (κ1) is 11.9. The number of carbonyl (C=O) groups excluding carboxylic acids is 1. The molecule has 1 fully saturated rings. The van der Waals surface area contributed by atoms with E-state index in [0.29, 0.717) is 11.4 Å². The highest BCUT2D eigenvalue weighted by Gasteiger charge is 2.22. The number of anilines is 1. The first-order valence-corrected chi connectivity index (χ1v) is 6.02. The molecule has 6 heteroatoms. The third-order valence-electron chi connectivity index (χ3n) is 3.18. The second kappa shape index (κ2) is 5.18. The van der Waals surface area contributed by atoms with E-state index in [9.17, 15) is 4.79 Å². The quantitative estimate of drug-likeness (QED) is 0.701. The van der Waals surface area contributed by atoms with Crippen molar-refractivity contribution in [1.82, 2.24) is 20.4 Å². The van der Waals surface area contributed by atoms with Gasteiger partial charge in [0.05, 0.1) is 11.9 Å².